The molecule has 2 rings (SSSR count). The van der Waals surface area contributed by atoms with Gasteiger partial charge in [-0.1, -0.05) is 0 Å². The second-order valence-corrected chi connectivity index (χ2v) is 3.02. The van der Waals surface area contributed by atoms with Gasteiger partial charge >= 0.3 is 6.08 Å². The number of aromatic nitrogens is 2. The van der Waals surface area contributed by atoms with Crippen LogP contribution in [0.3, 0.4) is 0 Å². The molecule has 74 valence electrons. The fourth-order valence-electron chi connectivity index (χ4n) is 1.30. The lowest BCUT2D eigenvalue weighted by molar-refractivity contribution is 0.443. The Morgan fingerprint density at radius 3 is 2.71 bits per heavy atom. The molecule has 0 radical (unpaired) electrons. The molecule has 2 heterocycles. The number of hydrogen-bond donors (Lipinski definition) is 1. The summed E-state index contributed by atoms with van der Waals surface area (Å²) in [5.74, 6) is 0.523. The quantitative estimate of drug-likeness (QED) is 0.660. The third kappa shape index (κ3) is 1.78. The first kappa shape index (κ1) is 8.86. The summed E-state index contributed by atoms with van der Waals surface area (Å²) >= 11 is 0. The monoisotopic (exact) mass is 195 g/mol. The summed E-state index contributed by atoms with van der Waals surface area (Å²) in [7, 11) is 0. The standard InChI is InChI=1S/C8H10FN5/c9-7-12-3-6(4-13-7)5-14-2-1-11-8(14)10/h3-4H,1-2,5H2,(H2,10,11). The van der Waals surface area contributed by atoms with Gasteiger partial charge in [0.15, 0.2) is 5.96 Å². The van der Waals surface area contributed by atoms with Crippen molar-refractivity contribution < 1.29 is 4.39 Å². The van der Waals surface area contributed by atoms with Crippen molar-refractivity contribution in [3.05, 3.63) is 24.0 Å². The van der Waals surface area contributed by atoms with Gasteiger partial charge in [-0.05, 0) is 0 Å². The predicted molar refractivity (Wildman–Crippen MR) is 48.9 cm³/mol. The Hall–Kier alpha value is -1.72. The molecule has 14 heavy (non-hydrogen) atoms. The van der Waals surface area contributed by atoms with Gasteiger partial charge in [-0.15, -0.1) is 0 Å². The van der Waals surface area contributed by atoms with E-state index in [-0.39, 0.29) is 0 Å². The summed E-state index contributed by atoms with van der Waals surface area (Å²) in [5, 5.41) is 0. The highest BCUT2D eigenvalue weighted by Gasteiger charge is 2.13. The summed E-state index contributed by atoms with van der Waals surface area (Å²) in [6.45, 7) is 2.09. The van der Waals surface area contributed by atoms with Crippen molar-refractivity contribution in [3.8, 4) is 0 Å². The molecule has 0 saturated carbocycles. The smallest absolute Gasteiger partial charge is 0.308 e. The van der Waals surface area contributed by atoms with E-state index >= 15 is 0 Å². The van der Waals surface area contributed by atoms with Gasteiger partial charge < -0.3 is 10.6 Å². The molecule has 0 aliphatic carbocycles. The lowest BCUT2D eigenvalue weighted by atomic mass is 10.3. The van der Waals surface area contributed by atoms with E-state index in [9.17, 15) is 4.39 Å². The maximum atomic E-state index is 12.4. The Labute approximate surface area is 80.5 Å². The summed E-state index contributed by atoms with van der Waals surface area (Å²) in [6, 6.07) is 0. The lowest BCUT2D eigenvalue weighted by Crippen LogP contribution is -2.33. The highest BCUT2D eigenvalue weighted by atomic mass is 19.1. The molecular formula is C8H10FN5. The molecular weight excluding hydrogens is 185 g/mol. The van der Waals surface area contributed by atoms with Gasteiger partial charge in [-0.3, -0.25) is 4.99 Å². The minimum Gasteiger partial charge on any atom is -0.370 e. The van der Waals surface area contributed by atoms with Gasteiger partial charge in [0.25, 0.3) is 0 Å². The number of rotatable bonds is 2. The van der Waals surface area contributed by atoms with Crippen LogP contribution in [-0.2, 0) is 6.54 Å². The van der Waals surface area contributed by atoms with Crippen LogP contribution in [0.5, 0.6) is 0 Å². The Balaban J connectivity index is 2.04. The number of hydrogen-bond acceptors (Lipinski definition) is 5. The maximum absolute atomic E-state index is 12.4. The van der Waals surface area contributed by atoms with E-state index < -0.39 is 6.08 Å². The van der Waals surface area contributed by atoms with Crippen LogP contribution in [0, 0.1) is 6.08 Å². The first-order valence-electron chi connectivity index (χ1n) is 4.27. The fourth-order valence-corrected chi connectivity index (χ4v) is 1.30. The van der Waals surface area contributed by atoms with Gasteiger partial charge in [0.1, 0.15) is 0 Å². The van der Waals surface area contributed by atoms with Gasteiger partial charge in [0.2, 0.25) is 0 Å². The first-order chi connectivity index (χ1) is 6.75. The number of halogens is 1. The van der Waals surface area contributed by atoms with E-state index in [4.69, 9.17) is 5.73 Å². The molecule has 0 spiro atoms. The van der Waals surface area contributed by atoms with E-state index in [1.54, 1.807) is 0 Å². The molecule has 2 N–H and O–H groups in total. The van der Waals surface area contributed by atoms with Crippen LogP contribution in [0.2, 0.25) is 0 Å². The van der Waals surface area contributed by atoms with E-state index in [2.05, 4.69) is 15.0 Å². The molecule has 0 bridgehead atoms. The van der Waals surface area contributed by atoms with Crippen LogP contribution in [0.1, 0.15) is 5.56 Å². The van der Waals surface area contributed by atoms with Gasteiger partial charge in [0.05, 0.1) is 6.54 Å². The van der Waals surface area contributed by atoms with Crippen LogP contribution < -0.4 is 5.73 Å². The van der Waals surface area contributed by atoms with E-state index in [0.29, 0.717) is 19.0 Å². The van der Waals surface area contributed by atoms with Crippen LogP contribution in [0.4, 0.5) is 4.39 Å². The van der Waals surface area contributed by atoms with E-state index in [1.807, 2.05) is 4.90 Å². The number of nitrogens with two attached hydrogens (primary N) is 1. The van der Waals surface area contributed by atoms with Crippen molar-refractivity contribution >= 4 is 5.96 Å². The van der Waals surface area contributed by atoms with Crippen molar-refractivity contribution in [2.75, 3.05) is 13.1 Å². The zero-order valence-corrected chi connectivity index (χ0v) is 7.52. The molecule has 1 aromatic heterocycles. The Bertz CT molecular complexity index is 347. The molecule has 5 nitrogen and oxygen atoms in total. The zero-order chi connectivity index (χ0) is 9.97. The number of nitrogens with zero attached hydrogens (tertiary/aromatic N) is 4. The van der Waals surface area contributed by atoms with Crippen molar-refractivity contribution in [1.82, 2.24) is 14.9 Å². The van der Waals surface area contributed by atoms with Crippen molar-refractivity contribution in [3.63, 3.8) is 0 Å². The minimum absolute atomic E-state index is 0.523. The Morgan fingerprint density at radius 1 is 1.43 bits per heavy atom. The molecule has 0 aromatic carbocycles. The lowest BCUT2D eigenvalue weighted by Gasteiger charge is -2.16. The minimum atomic E-state index is -0.711. The highest BCUT2D eigenvalue weighted by Crippen LogP contribution is 2.05. The predicted octanol–water partition coefficient (Wildman–Crippen LogP) is -0.254. The molecule has 0 saturated heterocycles. The molecule has 0 atom stereocenters. The summed E-state index contributed by atoms with van der Waals surface area (Å²) in [4.78, 5) is 12.9. The highest BCUT2D eigenvalue weighted by molar-refractivity contribution is 5.79. The second-order valence-electron chi connectivity index (χ2n) is 3.02. The molecule has 0 amide bonds. The maximum Gasteiger partial charge on any atom is 0.308 e. The van der Waals surface area contributed by atoms with Crippen molar-refractivity contribution in [1.29, 1.82) is 0 Å². The van der Waals surface area contributed by atoms with Gasteiger partial charge in [-0.25, -0.2) is 9.97 Å². The molecule has 1 aliphatic heterocycles. The fraction of sp³-hybridized carbons (Fsp3) is 0.375. The average molecular weight is 195 g/mol. The molecule has 0 fully saturated rings. The topological polar surface area (TPSA) is 67.4 Å². The first-order valence-corrected chi connectivity index (χ1v) is 4.27. The van der Waals surface area contributed by atoms with Crippen molar-refractivity contribution in [2.45, 2.75) is 6.54 Å². The van der Waals surface area contributed by atoms with Crippen LogP contribution in [0.25, 0.3) is 0 Å². The molecule has 1 aromatic rings. The van der Waals surface area contributed by atoms with E-state index in [0.717, 1.165) is 12.1 Å². The Kier molecular flexibility index (Phi) is 2.26. The summed E-state index contributed by atoms with van der Waals surface area (Å²) in [5.41, 5.74) is 6.44. The van der Waals surface area contributed by atoms with Gasteiger partial charge in [-0.2, -0.15) is 4.39 Å². The van der Waals surface area contributed by atoms with Crippen LogP contribution in [-0.4, -0.2) is 33.9 Å². The number of guanidine groups is 1. The van der Waals surface area contributed by atoms with Crippen LogP contribution >= 0.6 is 0 Å². The third-order valence-corrected chi connectivity index (χ3v) is 2.01. The zero-order valence-electron chi connectivity index (χ0n) is 7.52. The van der Waals surface area contributed by atoms with E-state index in [1.165, 1.54) is 12.4 Å². The van der Waals surface area contributed by atoms with Crippen LogP contribution in [0.15, 0.2) is 17.4 Å². The summed E-state index contributed by atoms with van der Waals surface area (Å²) in [6.07, 6.45) is 2.19. The average Bonchev–Trinajstić information content (AvgIpc) is 2.56. The largest absolute Gasteiger partial charge is 0.370 e. The second kappa shape index (κ2) is 3.57. The Morgan fingerprint density at radius 2 is 2.14 bits per heavy atom. The normalized spacial score (nSPS) is 15.8. The molecule has 0 unspecified atom stereocenters. The third-order valence-electron chi connectivity index (χ3n) is 2.01. The molecule has 1 aliphatic rings. The van der Waals surface area contributed by atoms with Gasteiger partial charge in [0, 0.05) is 31.0 Å². The SMILES string of the molecule is NC1=NCCN1Cc1cnc(F)nc1. The summed E-state index contributed by atoms with van der Waals surface area (Å²) < 4.78 is 12.4. The van der Waals surface area contributed by atoms with Crippen molar-refractivity contribution in [2.24, 2.45) is 10.7 Å². The molecule has 6 heteroatoms. The number of aliphatic imine (C=N–C) groups is 1.